The van der Waals surface area contributed by atoms with Crippen molar-refractivity contribution in [3.63, 3.8) is 0 Å². The van der Waals surface area contributed by atoms with Gasteiger partial charge in [0.05, 0.1) is 18.7 Å². The van der Waals surface area contributed by atoms with Gasteiger partial charge < -0.3 is 5.11 Å². The predicted octanol–water partition coefficient (Wildman–Crippen LogP) is -0.821. The Hall–Kier alpha value is -1.31. The van der Waals surface area contributed by atoms with Crippen molar-refractivity contribution in [1.29, 1.82) is 0 Å². The maximum Gasteiger partial charge on any atom is 0.307 e. The molecule has 0 saturated carbocycles. The first-order valence-electron chi connectivity index (χ1n) is 4.29. The Morgan fingerprint density at radius 1 is 1.67 bits per heavy atom. The summed E-state index contributed by atoms with van der Waals surface area (Å²) in [6.07, 6.45) is 0. The summed E-state index contributed by atoms with van der Waals surface area (Å²) in [7, 11) is 0.343. The number of rotatable bonds is 5. The van der Waals surface area contributed by atoms with Gasteiger partial charge in [0, 0.05) is 16.6 Å². The van der Waals surface area contributed by atoms with Crippen molar-refractivity contribution in [2.24, 2.45) is 13.0 Å². The van der Waals surface area contributed by atoms with Gasteiger partial charge in [0.25, 0.3) is 0 Å². The fourth-order valence-electron chi connectivity index (χ4n) is 0.934. The second-order valence-corrected chi connectivity index (χ2v) is 4.69. The molecule has 0 spiro atoms. The zero-order valence-corrected chi connectivity index (χ0v) is 9.27. The Morgan fingerprint density at radius 3 is 2.80 bits per heavy atom. The van der Waals surface area contributed by atoms with Gasteiger partial charge in [-0.2, -0.15) is 4.80 Å². The zero-order valence-electron chi connectivity index (χ0n) is 8.45. The summed E-state index contributed by atoms with van der Waals surface area (Å²) in [6, 6.07) is 0. The fourth-order valence-corrected chi connectivity index (χ4v) is 2.16. The molecule has 0 fully saturated rings. The lowest BCUT2D eigenvalue weighted by atomic mass is 10.2. The smallest absolute Gasteiger partial charge is 0.307 e. The molecule has 0 aliphatic heterocycles. The highest BCUT2D eigenvalue weighted by atomic mass is 32.2. The number of nitrogens with zero attached hydrogens (tertiary/aromatic N) is 4. The molecule has 8 heteroatoms. The van der Waals surface area contributed by atoms with Crippen molar-refractivity contribution in [2.75, 3.05) is 5.75 Å². The van der Waals surface area contributed by atoms with E-state index in [1.54, 1.807) is 7.05 Å². The van der Waals surface area contributed by atoms with Gasteiger partial charge in [-0.05, 0) is 5.21 Å². The number of aliphatic carboxylic acids is 1. The van der Waals surface area contributed by atoms with Crippen LogP contribution in [0.3, 0.4) is 0 Å². The van der Waals surface area contributed by atoms with Crippen LogP contribution in [-0.4, -0.2) is 41.2 Å². The molecule has 0 aliphatic carbocycles. The minimum Gasteiger partial charge on any atom is -0.481 e. The highest BCUT2D eigenvalue weighted by Gasteiger charge is 2.16. The van der Waals surface area contributed by atoms with E-state index in [1.807, 2.05) is 0 Å². The molecule has 0 aliphatic rings. The van der Waals surface area contributed by atoms with Crippen LogP contribution in [0, 0.1) is 5.92 Å². The van der Waals surface area contributed by atoms with E-state index < -0.39 is 22.7 Å². The number of aromatic nitrogens is 4. The Balaban J connectivity index is 2.46. The topological polar surface area (TPSA) is 98.0 Å². The number of carbonyl (C=O) groups is 1. The second-order valence-electron chi connectivity index (χ2n) is 3.19. The van der Waals surface area contributed by atoms with E-state index in [1.165, 1.54) is 11.7 Å². The maximum atomic E-state index is 11.5. The summed E-state index contributed by atoms with van der Waals surface area (Å²) >= 11 is 0. The summed E-state index contributed by atoms with van der Waals surface area (Å²) in [5, 5.41) is 19.7. The minimum absolute atomic E-state index is 0.105. The van der Waals surface area contributed by atoms with Gasteiger partial charge in [-0.25, -0.2) is 0 Å². The Labute approximate surface area is 88.9 Å². The molecule has 1 heterocycles. The van der Waals surface area contributed by atoms with Crippen LogP contribution in [0.15, 0.2) is 0 Å². The average molecular weight is 232 g/mol. The quantitative estimate of drug-likeness (QED) is 0.712. The van der Waals surface area contributed by atoms with Gasteiger partial charge in [0.15, 0.2) is 5.82 Å². The van der Waals surface area contributed by atoms with Crippen LogP contribution < -0.4 is 0 Å². The largest absolute Gasteiger partial charge is 0.481 e. The third-order valence-corrected chi connectivity index (χ3v) is 3.15. The molecule has 2 atom stereocenters. The van der Waals surface area contributed by atoms with E-state index in [4.69, 9.17) is 5.11 Å². The maximum absolute atomic E-state index is 11.5. The molecule has 0 amide bonds. The molecule has 1 rings (SSSR count). The van der Waals surface area contributed by atoms with Gasteiger partial charge in [-0.3, -0.25) is 9.00 Å². The van der Waals surface area contributed by atoms with E-state index in [2.05, 4.69) is 15.4 Å². The van der Waals surface area contributed by atoms with Crippen LogP contribution in [0.1, 0.15) is 12.7 Å². The molecule has 1 N–H and O–H groups in total. The van der Waals surface area contributed by atoms with Gasteiger partial charge in [0.1, 0.15) is 0 Å². The molecule has 2 unspecified atom stereocenters. The van der Waals surface area contributed by atoms with E-state index in [-0.39, 0.29) is 11.5 Å². The van der Waals surface area contributed by atoms with Crippen molar-refractivity contribution in [3.05, 3.63) is 5.82 Å². The van der Waals surface area contributed by atoms with Crippen molar-refractivity contribution in [3.8, 4) is 0 Å². The summed E-state index contributed by atoms with van der Waals surface area (Å²) < 4.78 is 11.5. The molecule has 0 saturated heterocycles. The molecule has 15 heavy (non-hydrogen) atoms. The molecular formula is C7H12N4O3S. The summed E-state index contributed by atoms with van der Waals surface area (Å²) in [5.41, 5.74) is 0. The molecule has 0 bridgehead atoms. The number of hydrogen-bond donors (Lipinski definition) is 1. The number of carboxylic acids is 1. The number of tetrazole rings is 1. The molecule has 7 nitrogen and oxygen atoms in total. The molecule has 1 aromatic rings. The van der Waals surface area contributed by atoms with Crippen LogP contribution in [0.25, 0.3) is 0 Å². The van der Waals surface area contributed by atoms with Gasteiger partial charge in [-0.1, -0.05) is 6.92 Å². The monoisotopic (exact) mass is 232 g/mol. The highest BCUT2D eigenvalue weighted by molar-refractivity contribution is 7.84. The van der Waals surface area contributed by atoms with E-state index in [0.29, 0.717) is 5.82 Å². The molecular weight excluding hydrogens is 220 g/mol. The first-order valence-corrected chi connectivity index (χ1v) is 5.78. The number of aryl methyl sites for hydroxylation is 1. The van der Waals surface area contributed by atoms with Crippen LogP contribution in [0.2, 0.25) is 0 Å². The Morgan fingerprint density at radius 2 is 2.33 bits per heavy atom. The lowest BCUT2D eigenvalue weighted by molar-refractivity contribution is -0.140. The Kier molecular flexibility index (Phi) is 3.89. The van der Waals surface area contributed by atoms with Crippen molar-refractivity contribution in [1.82, 2.24) is 20.2 Å². The highest BCUT2D eigenvalue weighted by Crippen LogP contribution is 2.02. The first-order chi connectivity index (χ1) is 6.99. The molecule has 1 aromatic heterocycles. The predicted molar refractivity (Wildman–Crippen MR) is 52.3 cm³/mol. The third kappa shape index (κ3) is 3.74. The summed E-state index contributed by atoms with van der Waals surface area (Å²) in [5.74, 6) is -0.953. The molecule has 0 aromatic carbocycles. The average Bonchev–Trinajstić information content (AvgIpc) is 2.50. The first kappa shape index (κ1) is 11.8. The normalized spacial score (nSPS) is 14.8. The van der Waals surface area contributed by atoms with Crippen molar-refractivity contribution in [2.45, 2.75) is 12.7 Å². The lowest BCUT2D eigenvalue weighted by Crippen LogP contribution is -2.18. The number of carboxylic acid groups (broad SMARTS) is 1. The van der Waals surface area contributed by atoms with E-state index in [0.717, 1.165) is 0 Å². The van der Waals surface area contributed by atoms with Gasteiger partial charge in [-0.15, -0.1) is 10.2 Å². The molecule has 0 radical (unpaired) electrons. The second kappa shape index (κ2) is 4.96. The van der Waals surface area contributed by atoms with Crippen LogP contribution in [0.5, 0.6) is 0 Å². The lowest BCUT2D eigenvalue weighted by Gasteiger charge is -2.03. The van der Waals surface area contributed by atoms with Crippen LogP contribution in [-0.2, 0) is 28.4 Å². The number of hydrogen-bond acceptors (Lipinski definition) is 5. The SMILES string of the molecule is CC(CS(=O)Cc1nnn(C)n1)C(=O)O. The van der Waals surface area contributed by atoms with Gasteiger partial charge >= 0.3 is 5.97 Å². The van der Waals surface area contributed by atoms with Crippen molar-refractivity contribution < 1.29 is 14.1 Å². The fraction of sp³-hybridized carbons (Fsp3) is 0.714. The zero-order chi connectivity index (χ0) is 11.4. The van der Waals surface area contributed by atoms with E-state index >= 15 is 0 Å². The standard InChI is InChI=1S/C7H12N4O3S/c1-5(7(12)13)3-15(14)4-6-8-10-11(2)9-6/h5H,3-4H2,1-2H3,(H,12,13). The van der Waals surface area contributed by atoms with Gasteiger partial charge in [0.2, 0.25) is 0 Å². The molecule has 84 valence electrons. The summed E-state index contributed by atoms with van der Waals surface area (Å²) in [4.78, 5) is 11.8. The van der Waals surface area contributed by atoms with Crippen LogP contribution in [0.4, 0.5) is 0 Å². The Bertz CT molecular complexity index is 378. The van der Waals surface area contributed by atoms with Crippen LogP contribution >= 0.6 is 0 Å². The van der Waals surface area contributed by atoms with E-state index in [9.17, 15) is 9.00 Å². The third-order valence-electron chi connectivity index (χ3n) is 1.70. The summed E-state index contributed by atoms with van der Waals surface area (Å²) in [6.45, 7) is 1.52. The van der Waals surface area contributed by atoms with Crippen molar-refractivity contribution >= 4 is 16.8 Å². The minimum atomic E-state index is -1.27.